The zero-order valence-corrected chi connectivity index (χ0v) is 11.3. The first-order chi connectivity index (χ1) is 7.90. The lowest BCUT2D eigenvalue weighted by molar-refractivity contribution is 0.394. The van der Waals surface area contributed by atoms with Gasteiger partial charge in [-0.1, -0.05) is 42.9 Å². The van der Waals surface area contributed by atoms with Gasteiger partial charge in [-0.2, -0.15) is 0 Å². The summed E-state index contributed by atoms with van der Waals surface area (Å²) in [5.41, 5.74) is 1.81. The molecule has 1 atom stereocenters. The van der Waals surface area contributed by atoms with Crippen LogP contribution in [-0.4, -0.2) is 28.5 Å². The molecule has 0 amide bonds. The van der Waals surface area contributed by atoms with Crippen LogP contribution >= 0.6 is 23.1 Å². The molecule has 1 aliphatic rings. The van der Waals surface area contributed by atoms with Crippen LogP contribution in [0.5, 0.6) is 0 Å². The molecule has 1 saturated carbocycles. The molecule has 0 aromatic carbocycles. The van der Waals surface area contributed by atoms with E-state index in [9.17, 15) is 0 Å². The van der Waals surface area contributed by atoms with E-state index in [-0.39, 0.29) is 0 Å². The van der Waals surface area contributed by atoms with Gasteiger partial charge in [0.05, 0.1) is 0 Å². The zero-order valence-electron chi connectivity index (χ0n) is 9.69. The molecule has 1 unspecified atom stereocenters. The van der Waals surface area contributed by atoms with Crippen molar-refractivity contribution in [2.75, 3.05) is 12.3 Å². The Kier molecular flexibility index (Phi) is 5.06. The molecule has 3 nitrogen and oxygen atoms in total. The SMILES string of the molecule is CCNC(CSc1nncs1)C1CCCC1. The first kappa shape index (κ1) is 12.3. The minimum absolute atomic E-state index is 0.654. The second-order valence-corrected chi connectivity index (χ2v) is 6.32. The van der Waals surface area contributed by atoms with Gasteiger partial charge in [-0.3, -0.25) is 0 Å². The molecule has 0 saturated heterocycles. The van der Waals surface area contributed by atoms with Crippen molar-refractivity contribution < 1.29 is 0 Å². The molecular formula is C11H19N3S2. The third-order valence-corrected chi connectivity index (χ3v) is 5.14. The third-order valence-electron chi connectivity index (χ3n) is 3.16. The second-order valence-electron chi connectivity index (χ2n) is 4.22. The minimum atomic E-state index is 0.654. The number of nitrogens with zero attached hydrogens (tertiary/aromatic N) is 2. The normalized spacial score (nSPS) is 19.1. The van der Waals surface area contributed by atoms with E-state index in [1.165, 1.54) is 25.7 Å². The molecule has 0 bridgehead atoms. The Morgan fingerprint density at radius 1 is 1.56 bits per heavy atom. The summed E-state index contributed by atoms with van der Waals surface area (Å²) in [5, 5.41) is 11.6. The minimum Gasteiger partial charge on any atom is -0.313 e. The lowest BCUT2D eigenvalue weighted by Crippen LogP contribution is -2.37. The molecule has 1 N–H and O–H groups in total. The Labute approximate surface area is 105 Å². The number of nitrogens with one attached hydrogen (secondary N) is 1. The van der Waals surface area contributed by atoms with Crippen LogP contribution in [0.2, 0.25) is 0 Å². The molecule has 16 heavy (non-hydrogen) atoms. The zero-order chi connectivity index (χ0) is 11.2. The maximum atomic E-state index is 4.08. The summed E-state index contributed by atoms with van der Waals surface area (Å²) < 4.78 is 1.10. The monoisotopic (exact) mass is 257 g/mol. The van der Waals surface area contributed by atoms with Gasteiger partial charge in [-0.25, -0.2) is 0 Å². The van der Waals surface area contributed by atoms with Gasteiger partial charge in [0.2, 0.25) is 0 Å². The Hall–Kier alpha value is -0.130. The van der Waals surface area contributed by atoms with Crippen LogP contribution in [0.1, 0.15) is 32.6 Å². The van der Waals surface area contributed by atoms with Gasteiger partial charge in [-0.15, -0.1) is 10.2 Å². The largest absolute Gasteiger partial charge is 0.313 e. The number of thioether (sulfide) groups is 1. The van der Waals surface area contributed by atoms with Crippen LogP contribution in [0.4, 0.5) is 0 Å². The average Bonchev–Trinajstić information content (AvgIpc) is 2.96. The van der Waals surface area contributed by atoms with Crippen molar-refractivity contribution in [2.45, 2.75) is 43.0 Å². The van der Waals surface area contributed by atoms with Gasteiger partial charge in [0.15, 0.2) is 4.34 Å². The van der Waals surface area contributed by atoms with Crippen LogP contribution in [-0.2, 0) is 0 Å². The lowest BCUT2D eigenvalue weighted by Gasteiger charge is -2.23. The van der Waals surface area contributed by atoms with Crippen molar-refractivity contribution in [2.24, 2.45) is 5.92 Å². The van der Waals surface area contributed by atoms with Gasteiger partial charge in [0.1, 0.15) is 5.51 Å². The fraction of sp³-hybridized carbons (Fsp3) is 0.818. The van der Waals surface area contributed by atoms with E-state index in [0.29, 0.717) is 6.04 Å². The van der Waals surface area contributed by atoms with E-state index in [1.54, 1.807) is 16.8 Å². The number of rotatable bonds is 6. The van der Waals surface area contributed by atoms with E-state index in [1.807, 2.05) is 11.8 Å². The Morgan fingerprint density at radius 3 is 3.00 bits per heavy atom. The molecule has 1 aliphatic carbocycles. The van der Waals surface area contributed by atoms with Crippen molar-refractivity contribution in [1.82, 2.24) is 15.5 Å². The second kappa shape index (κ2) is 6.57. The molecule has 1 fully saturated rings. The highest BCUT2D eigenvalue weighted by Crippen LogP contribution is 2.30. The van der Waals surface area contributed by atoms with Gasteiger partial charge >= 0.3 is 0 Å². The van der Waals surface area contributed by atoms with Crippen molar-refractivity contribution in [3.05, 3.63) is 5.51 Å². The molecular weight excluding hydrogens is 238 g/mol. The van der Waals surface area contributed by atoms with Gasteiger partial charge in [-0.05, 0) is 25.3 Å². The number of hydrogen-bond acceptors (Lipinski definition) is 5. The Bertz CT molecular complexity index is 283. The maximum Gasteiger partial charge on any atom is 0.174 e. The highest BCUT2D eigenvalue weighted by molar-refractivity contribution is 8.01. The first-order valence-electron chi connectivity index (χ1n) is 6.02. The van der Waals surface area contributed by atoms with Gasteiger partial charge < -0.3 is 5.32 Å². The average molecular weight is 257 g/mol. The van der Waals surface area contributed by atoms with Crippen LogP contribution < -0.4 is 5.32 Å². The fourth-order valence-corrected chi connectivity index (χ4v) is 4.07. The Morgan fingerprint density at radius 2 is 2.38 bits per heavy atom. The molecule has 1 aromatic heterocycles. The summed E-state index contributed by atoms with van der Waals surface area (Å²) in [6.45, 7) is 3.26. The third kappa shape index (κ3) is 3.43. The quantitative estimate of drug-likeness (QED) is 0.795. The predicted octanol–water partition coefficient (Wildman–Crippen LogP) is 2.80. The summed E-state index contributed by atoms with van der Waals surface area (Å²) in [6.07, 6.45) is 5.62. The molecule has 1 heterocycles. The van der Waals surface area contributed by atoms with Crippen molar-refractivity contribution >= 4 is 23.1 Å². The summed E-state index contributed by atoms with van der Waals surface area (Å²) >= 11 is 3.48. The van der Waals surface area contributed by atoms with Crippen LogP contribution in [0, 0.1) is 5.92 Å². The molecule has 90 valence electrons. The highest BCUT2D eigenvalue weighted by atomic mass is 32.2. The summed E-state index contributed by atoms with van der Waals surface area (Å²) in [4.78, 5) is 0. The molecule has 1 aromatic rings. The standard InChI is InChI=1S/C11H19N3S2/c1-2-12-10(9-5-3-4-6-9)7-15-11-14-13-8-16-11/h8-10,12H,2-7H2,1H3. The van der Waals surface area contributed by atoms with Crippen LogP contribution in [0.3, 0.4) is 0 Å². The molecule has 5 heteroatoms. The maximum absolute atomic E-state index is 4.08. The summed E-state index contributed by atoms with van der Waals surface area (Å²) in [6, 6.07) is 0.654. The molecule has 0 spiro atoms. The van der Waals surface area contributed by atoms with E-state index in [4.69, 9.17) is 0 Å². The smallest absolute Gasteiger partial charge is 0.174 e. The van der Waals surface area contributed by atoms with E-state index in [0.717, 1.165) is 22.6 Å². The molecule has 0 radical (unpaired) electrons. The van der Waals surface area contributed by atoms with Crippen LogP contribution in [0.15, 0.2) is 9.85 Å². The topological polar surface area (TPSA) is 37.8 Å². The lowest BCUT2D eigenvalue weighted by atomic mass is 10.00. The summed E-state index contributed by atoms with van der Waals surface area (Å²) in [5.74, 6) is 2.01. The first-order valence-corrected chi connectivity index (χ1v) is 7.89. The van der Waals surface area contributed by atoms with Crippen molar-refractivity contribution in [3.8, 4) is 0 Å². The van der Waals surface area contributed by atoms with Crippen molar-refractivity contribution in [3.63, 3.8) is 0 Å². The van der Waals surface area contributed by atoms with Gasteiger partial charge in [0, 0.05) is 11.8 Å². The molecule has 0 aliphatic heterocycles. The number of hydrogen-bond donors (Lipinski definition) is 1. The van der Waals surface area contributed by atoms with E-state index >= 15 is 0 Å². The summed E-state index contributed by atoms with van der Waals surface area (Å²) in [7, 11) is 0. The predicted molar refractivity (Wildman–Crippen MR) is 70.1 cm³/mol. The van der Waals surface area contributed by atoms with Gasteiger partial charge in [0.25, 0.3) is 0 Å². The van der Waals surface area contributed by atoms with Crippen molar-refractivity contribution in [1.29, 1.82) is 0 Å². The number of aromatic nitrogens is 2. The van der Waals surface area contributed by atoms with E-state index in [2.05, 4.69) is 22.4 Å². The highest BCUT2D eigenvalue weighted by Gasteiger charge is 2.24. The Balaban J connectivity index is 1.82. The molecule has 2 rings (SSSR count). The van der Waals surface area contributed by atoms with E-state index < -0.39 is 0 Å². The van der Waals surface area contributed by atoms with Crippen LogP contribution in [0.25, 0.3) is 0 Å². The fourth-order valence-electron chi connectivity index (χ4n) is 2.37.